The third kappa shape index (κ3) is 3.30. The van der Waals surface area contributed by atoms with Crippen molar-refractivity contribution in [2.45, 2.75) is 19.8 Å². The predicted molar refractivity (Wildman–Crippen MR) is 93.2 cm³/mol. The van der Waals surface area contributed by atoms with E-state index in [1.807, 2.05) is 22.7 Å². The Bertz CT molecular complexity index is 695. The number of carbonyl (C=O) groups is 1. The van der Waals surface area contributed by atoms with Crippen LogP contribution in [0.15, 0.2) is 48.1 Å². The zero-order valence-corrected chi connectivity index (χ0v) is 14.3. The molecule has 0 aliphatic heterocycles. The van der Waals surface area contributed by atoms with Gasteiger partial charge in [-0.3, -0.25) is 9.20 Å². The number of imidazole rings is 1. The number of pyridine rings is 1. The van der Waals surface area contributed by atoms with E-state index in [0.717, 1.165) is 28.7 Å². The molecule has 4 nitrogen and oxygen atoms in total. The number of aromatic nitrogens is 2. The fourth-order valence-corrected chi connectivity index (χ4v) is 2.74. The standard InChI is InChI=1S/C17H20BrN3O/c1-4-7-14-16(17(22)20(10-5-2)11-6-3)21-12-13(18)8-9-15(21)19-14/h5-6,8-9,12H,2-4,7,10-11H2,1H3. The number of aryl methyl sites for hydroxylation is 1. The van der Waals surface area contributed by atoms with Crippen molar-refractivity contribution in [3.8, 4) is 0 Å². The van der Waals surface area contributed by atoms with Crippen LogP contribution in [0.1, 0.15) is 29.5 Å². The SMILES string of the molecule is C=CCN(CC=C)C(=O)c1c(CCC)nc2ccc(Br)cn12. The molecular formula is C17H20BrN3O. The Balaban J connectivity index is 2.56. The van der Waals surface area contributed by atoms with Gasteiger partial charge in [0.2, 0.25) is 0 Å². The molecule has 0 aliphatic rings. The molecule has 0 aromatic carbocycles. The number of nitrogens with zero attached hydrogens (tertiary/aromatic N) is 3. The van der Waals surface area contributed by atoms with Gasteiger partial charge in [0.05, 0.1) is 5.69 Å². The number of hydrogen-bond acceptors (Lipinski definition) is 2. The Morgan fingerprint density at radius 3 is 2.64 bits per heavy atom. The largest absolute Gasteiger partial charge is 0.330 e. The maximum atomic E-state index is 13.0. The Morgan fingerprint density at radius 1 is 1.36 bits per heavy atom. The average molecular weight is 362 g/mol. The maximum absolute atomic E-state index is 13.0. The van der Waals surface area contributed by atoms with Gasteiger partial charge in [0, 0.05) is 23.8 Å². The van der Waals surface area contributed by atoms with Crippen molar-refractivity contribution in [2.75, 3.05) is 13.1 Å². The summed E-state index contributed by atoms with van der Waals surface area (Å²) in [6.07, 6.45) is 7.04. The van der Waals surface area contributed by atoms with Gasteiger partial charge in [-0.15, -0.1) is 13.2 Å². The number of carbonyl (C=O) groups excluding carboxylic acids is 1. The second-order valence-electron chi connectivity index (χ2n) is 5.02. The lowest BCUT2D eigenvalue weighted by molar-refractivity contribution is 0.0783. The third-order valence-electron chi connectivity index (χ3n) is 3.33. The number of rotatable bonds is 7. The number of fused-ring (bicyclic) bond motifs is 1. The number of amides is 1. The summed E-state index contributed by atoms with van der Waals surface area (Å²) < 4.78 is 2.77. The molecule has 0 N–H and O–H groups in total. The first-order valence-corrected chi connectivity index (χ1v) is 8.09. The monoisotopic (exact) mass is 361 g/mol. The first kappa shape index (κ1) is 16.5. The second kappa shape index (κ2) is 7.40. The molecule has 0 bridgehead atoms. The highest BCUT2D eigenvalue weighted by Crippen LogP contribution is 2.20. The Labute approximate surface area is 139 Å². The summed E-state index contributed by atoms with van der Waals surface area (Å²) >= 11 is 3.46. The van der Waals surface area contributed by atoms with Crippen LogP contribution in [-0.2, 0) is 6.42 Å². The molecule has 2 heterocycles. The summed E-state index contributed by atoms with van der Waals surface area (Å²) in [6, 6.07) is 3.84. The van der Waals surface area contributed by atoms with Gasteiger partial charge in [-0.1, -0.05) is 25.5 Å². The quantitative estimate of drug-likeness (QED) is 0.702. The van der Waals surface area contributed by atoms with E-state index < -0.39 is 0 Å². The molecule has 5 heteroatoms. The van der Waals surface area contributed by atoms with Crippen LogP contribution in [0.3, 0.4) is 0 Å². The molecule has 0 aliphatic carbocycles. The van der Waals surface area contributed by atoms with Gasteiger partial charge < -0.3 is 4.90 Å². The molecule has 116 valence electrons. The first-order valence-electron chi connectivity index (χ1n) is 7.29. The average Bonchev–Trinajstić information content (AvgIpc) is 2.84. The van der Waals surface area contributed by atoms with E-state index in [1.165, 1.54) is 0 Å². The van der Waals surface area contributed by atoms with Gasteiger partial charge in [0.25, 0.3) is 5.91 Å². The van der Waals surface area contributed by atoms with Crippen LogP contribution in [0.4, 0.5) is 0 Å². The summed E-state index contributed by atoms with van der Waals surface area (Å²) in [5.74, 6) is -0.0474. The van der Waals surface area contributed by atoms with Crippen LogP contribution < -0.4 is 0 Å². The molecular weight excluding hydrogens is 342 g/mol. The molecule has 0 atom stereocenters. The van der Waals surface area contributed by atoms with Crippen LogP contribution in [0.2, 0.25) is 0 Å². The first-order chi connectivity index (χ1) is 10.6. The zero-order valence-electron chi connectivity index (χ0n) is 12.8. The van der Waals surface area contributed by atoms with E-state index in [9.17, 15) is 4.79 Å². The highest BCUT2D eigenvalue weighted by Gasteiger charge is 2.22. The van der Waals surface area contributed by atoms with Crippen LogP contribution in [0.5, 0.6) is 0 Å². The smallest absolute Gasteiger partial charge is 0.273 e. The van der Waals surface area contributed by atoms with Gasteiger partial charge >= 0.3 is 0 Å². The fourth-order valence-electron chi connectivity index (χ4n) is 2.41. The van der Waals surface area contributed by atoms with Crippen molar-refractivity contribution < 1.29 is 4.79 Å². The highest BCUT2D eigenvalue weighted by molar-refractivity contribution is 9.10. The van der Waals surface area contributed by atoms with Crippen molar-refractivity contribution in [1.29, 1.82) is 0 Å². The molecule has 2 aromatic rings. The maximum Gasteiger partial charge on any atom is 0.273 e. The highest BCUT2D eigenvalue weighted by atomic mass is 79.9. The van der Waals surface area contributed by atoms with Gasteiger partial charge in [-0.25, -0.2) is 4.98 Å². The van der Waals surface area contributed by atoms with E-state index in [4.69, 9.17) is 0 Å². The molecule has 22 heavy (non-hydrogen) atoms. The lowest BCUT2D eigenvalue weighted by atomic mass is 10.2. The van der Waals surface area contributed by atoms with Crippen molar-refractivity contribution in [2.24, 2.45) is 0 Å². The Hall–Kier alpha value is -1.88. The molecule has 2 rings (SSSR count). The molecule has 0 saturated heterocycles. The molecule has 0 radical (unpaired) electrons. The minimum atomic E-state index is -0.0474. The Kier molecular flexibility index (Phi) is 5.55. The summed E-state index contributed by atoms with van der Waals surface area (Å²) in [5, 5.41) is 0. The van der Waals surface area contributed by atoms with Crippen molar-refractivity contribution >= 4 is 27.5 Å². The van der Waals surface area contributed by atoms with Crippen LogP contribution in [0, 0.1) is 0 Å². The minimum Gasteiger partial charge on any atom is -0.330 e. The minimum absolute atomic E-state index is 0.0474. The van der Waals surface area contributed by atoms with E-state index in [2.05, 4.69) is 41.0 Å². The lowest BCUT2D eigenvalue weighted by Crippen LogP contribution is -2.32. The van der Waals surface area contributed by atoms with Crippen LogP contribution in [0.25, 0.3) is 5.65 Å². The van der Waals surface area contributed by atoms with Crippen molar-refractivity contribution in [3.05, 3.63) is 59.5 Å². The lowest BCUT2D eigenvalue weighted by Gasteiger charge is -2.19. The molecule has 0 spiro atoms. The molecule has 2 aromatic heterocycles. The van der Waals surface area contributed by atoms with E-state index >= 15 is 0 Å². The third-order valence-corrected chi connectivity index (χ3v) is 3.80. The van der Waals surface area contributed by atoms with Gasteiger partial charge in [0.1, 0.15) is 11.3 Å². The topological polar surface area (TPSA) is 37.6 Å². The second-order valence-corrected chi connectivity index (χ2v) is 5.94. The van der Waals surface area contributed by atoms with Crippen molar-refractivity contribution in [3.63, 3.8) is 0 Å². The van der Waals surface area contributed by atoms with Gasteiger partial charge in [0.15, 0.2) is 0 Å². The Morgan fingerprint density at radius 2 is 2.05 bits per heavy atom. The summed E-state index contributed by atoms with van der Waals surface area (Å²) in [6.45, 7) is 10.5. The van der Waals surface area contributed by atoms with Gasteiger partial charge in [-0.2, -0.15) is 0 Å². The van der Waals surface area contributed by atoms with E-state index in [-0.39, 0.29) is 5.91 Å². The van der Waals surface area contributed by atoms with Crippen LogP contribution >= 0.6 is 15.9 Å². The number of hydrogen-bond donors (Lipinski definition) is 0. The fraction of sp³-hybridized carbons (Fsp3) is 0.294. The summed E-state index contributed by atoms with van der Waals surface area (Å²) in [4.78, 5) is 19.3. The molecule has 0 unspecified atom stereocenters. The zero-order chi connectivity index (χ0) is 16.1. The summed E-state index contributed by atoms with van der Waals surface area (Å²) in [7, 11) is 0. The van der Waals surface area contributed by atoms with E-state index in [0.29, 0.717) is 18.8 Å². The predicted octanol–water partition coefficient (Wildman–Crippen LogP) is 3.86. The normalized spacial score (nSPS) is 10.6. The van der Waals surface area contributed by atoms with Crippen molar-refractivity contribution in [1.82, 2.24) is 14.3 Å². The molecule has 0 fully saturated rings. The van der Waals surface area contributed by atoms with Crippen LogP contribution in [-0.4, -0.2) is 33.3 Å². The summed E-state index contributed by atoms with van der Waals surface area (Å²) in [5.41, 5.74) is 2.25. The van der Waals surface area contributed by atoms with E-state index in [1.54, 1.807) is 17.1 Å². The van der Waals surface area contributed by atoms with Gasteiger partial charge in [-0.05, 0) is 34.5 Å². The molecule has 1 amide bonds. The number of halogens is 1. The molecule has 0 saturated carbocycles.